The quantitative estimate of drug-likeness (QED) is 0.875. The van der Waals surface area contributed by atoms with Crippen LogP contribution in [0.4, 0.5) is 5.69 Å². The first kappa shape index (κ1) is 15.6. The van der Waals surface area contributed by atoms with Gasteiger partial charge in [0.1, 0.15) is 5.25 Å². The number of amidine groups is 1. The van der Waals surface area contributed by atoms with Crippen molar-refractivity contribution < 1.29 is 9.59 Å². The Hall–Kier alpha value is -1.34. The molecule has 3 rings (SSSR count). The summed E-state index contributed by atoms with van der Waals surface area (Å²) in [6.45, 7) is 3.47. The molecule has 0 aromatic heterocycles. The van der Waals surface area contributed by atoms with Crippen molar-refractivity contribution in [2.75, 3.05) is 18.4 Å². The lowest BCUT2D eigenvalue weighted by Crippen LogP contribution is -2.36. The largest absolute Gasteiger partial charge is 0.325 e. The van der Waals surface area contributed by atoms with Gasteiger partial charge in [0, 0.05) is 24.0 Å². The fourth-order valence-electron chi connectivity index (χ4n) is 2.46. The Balaban J connectivity index is 1.64. The Bertz CT molecular complexity index is 662. The molecule has 22 heavy (non-hydrogen) atoms. The topological polar surface area (TPSA) is 61.8 Å². The highest BCUT2D eigenvalue weighted by molar-refractivity contribution is 9.10. The Morgan fingerprint density at radius 1 is 1.55 bits per heavy atom. The van der Waals surface area contributed by atoms with Gasteiger partial charge in [-0.1, -0.05) is 17.8 Å². The Kier molecular flexibility index (Phi) is 4.54. The second-order valence-electron chi connectivity index (χ2n) is 5.35. The average Bonchev–Trinajstić information content (AvgIpc) is 2.79. The van der Waals surface area contributed by atoms with Crippen LogP contribution in [0.3, 0.4) is 0 Å². The van der Waals surface area contributed by atoms with E-state index >= 15 is 0 Å². The number of benzene rings is 1. The number of carbonyl (C=O) groups excluding carboxylic acids is 2. The number of halogens is 1. The molecule has 2 aliphatic heterocycles. The van der Waals surface area contributed by atoms with Crippen molar-refractivity contribution in [2.45, 2.75) is 25.0 Å². The van der Waals surface area contributed by atoms with Gasteiger partial charge in [0.25, 0.3) is 0 Å². The van der Waals surface area contributed by atoms with Crippen molar-refractivity contribution in [1.29, 1.82) is 0 Å². The number of thioether (sulfide) groups is 1. The highest BCUT2D eigenvalue weighted by atomic mass is 79.9. The van der Waals surface area contributed by atoms with E-state index in [1.165, 1.54) is 11.8 Å². The Morgan fingerprint density at radius 3 is 3.09 bits per heavy atom. The number of amides is 2. The lowest BCUT2D eigenvalue weighted by Gasteiger charge is -2.19. The van der Waals surface area contributed by atoms with E-state index in [4.69, 9.17) is 0 Å². The van der Waals surface area contributed by atoms with E-state index in [0.717, 1.165) is 33.9 Å². The van der Waals surface area contributed by atoms with Crippen LogP contribution < -0.4 is 5.32 Å². The van der Waals surface area contributed by atoms with Crippen LogP contribution in [0.1, 0.15) is 18.4 Å². The molecule has 2 amide bonds. The minimum Gasteiger partial charge on any atom is -0.325 e. The third-order valence-corrected chi connectivity index (χ3v) is 5.45. The van der Waals surface area contributed by atoms with Gasteiger partial charge in [0.05, 0.1) is 5.69 Å². The van der Waals surface area contributed by atoms with Crippen LogP contribution >= 0.6 is 27.7 Å². The van der Waals surface area contributed by atoms with Crippen LogP contribution in [0.15, 0.2) is 27.7 Å². The predicted octanol–water partition coefficient (Wildman–Crippen LogP) is 2.79. The molecule has 0 saturated carbocycles. The van der Waals surface area contributed by atoms with Crippen molar-refractivity contribution in [3.8, 4) is 0 Å². The standard InChI is InChI=1S/C15H16BrN3O2S/c1-9-3-4-11(10(16)7-9)18-13(20)8-12-14(21)19-6-2-5-17-15(19)22-12/h3-4,7,12H,2,5-6,8H2,1H3,(H,18,20). The molecule has 0 radical (unpaired) electrons. The second kappa shape index (κ2) is 6.42. The molecule has 0 bridgehead atoms. The molecule has 5 nitrogen and oxygen atoms in total. The number of fused-ring (bicyclic) bond motifs is 1. The molecule has 0 spiro atoms. The monoisotopic (exact) mass is 381 g/mol. The number of hydrogen-bond acceptors (Lipinski definition) is 4. The lowest BCUT2D eigenvalue weighted by molar-refractivity contribution is -0.128. The fourth-order valence-corrected chi connectivity index (χ4v) is 4.25. The van der Waals surface area contributed by atoms with Gasteiger partial charge >= 0.3 is 0 Å². The van der Waals surface area contributed by atoms with Crippen LogP contribution in [0.2, 0.25) is 0 Å². The van der Waals surface area contributed by atoms with Gasteiger partial charge in [0.15, 0.2) is 5.17 Å². The average molecular weight is 382 g/mol. The smallest absolute Gasteiger partial charge is 0.242 e. The summed E-state index contributed by atoms with van der Waals surface area (Å²) in [6.07, 6.45) is 1.06. The molecule has 1 fully saturated rings. The lowest BCUT2D eigenvalue weighted by atomic mass is 10.2. The maximum absolute atomic E-state index is 12.3. The molecule has 1 unspecified atom stereocenters. The molecule has 2 heterocycles. The SMILES string of the molecule is Cc1ccc(NC(=O)CC2SC3=NCCCN3C2=O)c(Br)c1. The summed E-state index contributed by atoms with van der Waals surface area (Å²) in [5, 5.41) is 3.27. The number of aliphatic imine (C=N–C) groups is 1. The molecule has 1 aromatic carbocycles. The van der Waals surface area contributed by atoms with Gasteiger partial charge in [-0.2, -0.15) is 0 Å². The van der Waals surface area contributed by atoms with Crippen molar-refractivity contribution in [3.63, 3.8) is 0 Å². The molecule has 0 aliphatic carbocycles. The molecule has 116 valence electrons. The van der Waals surface area contributed by atoms with E-state index in [-0.39, 0.29) is 23.5 Å². The van der Waals surface area contributed by atoms with Crippen molar-refractivity contribution in [3.05, 3.63) is 28.2 Å². The highest BCUT2D eigenvalue weighted by Gasteiger charge is 2.39. The molecule has 1 atom stereocenters. The first-order valence-corrected chi connectivity index (χ1v) is 8.80. The van der Waals surface area contributed by atoms with Crippen LogP contribution in [-0.2, 0) is 9.59 Å². The summed E-state index contributed by atoms with van der Waals surface area (Å²) in [4.78, 5) is 30.5. The number of hydrogen-bond donors (Lipinski definition) is 1. The summed E-state index contributed by atoms with van der Waals surface area (Å²) >= 11 is 4.84. The van der Waals surface area contributed by atoms with Crippen molar-refractivity contribution in [2.24, 2.45) is 4.99 Å². The summed E-state index contributed by atoms with van der Waals surface area (Å²) in [7, 11) is 0. The second-order valence-corrected chi connectivity index (χ2v) is 7.37. The van der Waals surface area contributed by atoms with Crippen LogP contribution in [0.5, 0.6) is 0 Å². The number of carbonyl (C=O) groups is 2. The number of nitrogens with one attached hydrogen (secondary N) is 1. The van der Waals surface area contributed by atoms with Crippen LogP contribution in [0.25, 0.3) is 0 Å². The molecular weight excluding hydrogens is 366 g/mol. The zero-order valence-corrected chi connectivity index (χ0v) is 14.5. The van der Waals surface area contributed by atoms with Crippen molar-refractivity contribution in [1.82, 2.24) is 4.90 Å². The minimum atomic E-state index is -0.360. The molecular formula is C15H16BrN3O2S. The maximum atomic E-state index is 12.3. The number of nitrogens with zero attached hydrogens (tertiary/aromatic N) is 2. The van der Waals surface area contributed by atoms with E-state index in [0.29, 0.717) is 6.54 Å². The Morgan fingerprint density at radius 2 is 2.36 bits per heavy atom. The van der Waals surface area contributed by atoms with Crippen LogP contribution in [-0.4, -0.2) is 40.2 Å². The van der Waals surface area contributed by atoms with E-state index in [1.54, 1.807) is 4.90 Å². The van der Waals surface area contributed by atoms with Gasteiger partial charge in [0.2, 0.25) is 11.8 Å². The van der Waals surface area contributed by atoms with Gasteiger partial charge in [-0.05, 0) is 47.0 Å². The zero-order valence-electron chi connectivity index (χ0n) is 12.1. The van der Waals surface area contributed by atoms with Gasteiger partial charge in [-0.25, -0.2) is 0 Å². The van der Waals surface area contributed by atoms with E-state index in [9.17, 15) is 9.59 Å². The number of rotatable bonds is 3. The minimum absolute atomic E-state index is 0.00146. The summed E-state index contributed by atoms with van der Waals surface area (Å²) in [6, 6.07) is 5.74. The third-order valence-electron chi connectivity index (χ3n) is 3.58. The van der Waals surface area contributed by atoms with Gasteiger partial charge in [-0.3, -0.25) is 19.5 Å². The fraction of sp³-hybridized carbons (Fsp3) is 0.400. The third kappa shape index (κ3) is 3.20. The maximum Gasteiger partial charge on any atom is 0.242 e. The van der Waals surface area contributed by atoms with Gasteiger partial charge in [-0.15, -0.1) is 0 Å². The molecule has 7 heteroatoms. The Labute approximate surface area is 141 Å². The van der Waals surface area contributed by atoms with Crippen molar-refractivity contribution >= 4 is 50.4 Å². The highest BCUT2D eigenvalue weighted by Crippen LogP contribution is 2.32. The van der Waals surface area contributed by atoms with E-state index < -0.39 is 0 Å². The summed E-state index contributed by atoms with van der Waals surface area (Å²) in [5.74, 6) is -0.155. The normalized spacial score (nSPS) is 20.6. The predicted molar refractivity (Wildman–Crippen MR) is 92.1 cm³/mol. The zero-order chi connectivity index (χ0) is 15.7. The number of anilines is 1. The van der Waals surface area contributed by atoms with Crippen LogP contribution in [0, 0.1) is 6.92 Å². The van der Waals surface area contributed by atoms with Gasteiger partial charge < -0.3 is 5.32 Å². The molecule has 2 aliphatic rings. The molecule has 1 aromatic rings. The summed E-state index contributed by atoms with van der Waals surface area (Å²) < 4.78 is 0.841. The molecule has 1 saturated heterocycles. The summed E-state index contributed by atoms with van der Waals surface area (Å²) in [5.41, 5.74) is 1.84. The first-order chi connectivity index (χ1) is 10.5. The van der Waals surface area contributed by atoms with E-state index in [2.05, 4.69) is 26.2 Å². The molecule has 1 N–H and O–H groups in total. The first-order valence-electron chi connectivity index (χ1n) is 7.13. The van der Waals surface area contributed by atoms with E-state index in [1.807, 2.05) is 25.1 Å². The number of aryl methyl sites for hydroxylation is 1.